The largest absolute Gasteiger partial charge is 0.489 e. The number of benzene rings is 3. The predicted molar refractivity (Wildman–Crippen MR) is 120 cm³/mol. The zero-order chi connectivity index (χ0) is 23.1. The Hall–Kier alpha value is -3.30. The minimum Gasteiger partial charge on any atom is -0.489 e. The van der Waals surface area contributed by atoms with Crippen molar-refractivity contribution in [2.75, 3.05) is 5.32 Å². The molecule has 0 aromatic heterocycles. The molecule has 3 N–H and O–H groups in total. The van der Waals surface area contributed by atoms with Crippen LogP contribution < -0.4 is 20.9 Å². The Morgan fingerprint density at radius 3 is 2.41 bits per heavy atom. The summed E-state index contributed by atoms with van der Waals surface area (Å²) >= 11 is 11.2. The molecule has 5 nitrogen and oxygen atoms in total. The minimum atomic E-state index is -4.48. The van der Waals surface area contributed by atoms with Crippen LogP contribution in [0.4, 0.5) is 18.9 Å². The van der Waals surface area contributed by atoms with Crippen molar-refractivity contribution in [1.29, 1.82) is 0 Å². The maximum absolute atomic E-state index is 12.8. The first-order valence-corrected chi connectivity index (χ1v) is 10.0. The summed E-state index contributed by atoms with van der Waals surface area (Å²) in [6, 6.07) is 18.7. The fraction of sp³-hybridized carbons (Fsp3) is 0.0909. The van der Waals surface area contributed by atoms with Crippen LogP contribution in [-0.4, -0.2) is 11.0 Å². The summed E-state index contributed by atoms with van der Waals surface area (Å²) in [7, 11) is 0. The monoisotopic (exact) mass is 479 g/mol. The summed E-state index contributed by atoms with van der Waals surface area (Å²) < 4.78 is 44.0. The number of carbonyl (C=O) groups is 1. The topological polar surface area (TPSA) is 62.4 Å². The molecule has 0 aliphatic rings. The van der Waals surface area contributed by atoms with Crippen LogP contribution in [-0.2, 0) is 12.8 Å². The molecular formula is C22H17ClF3N3O2S. The number of hydrogen-bond acceptors (Lipinski definition) is 3. The second-order valence-corrected chi connectivity index (χ2v) is 7.34. The highest BCUT2D eigenvalue weighted by Crippen LogP contribution is 2.30. The fourth-order valence-electron chi connectivity index (χ4n) is 2.63. The second kappa shape index (κ2) is 10.3. The van der Waals surface area contributed by atoms with E-state index in [4.69, 9.17) is 28.6 Å². The Morgan fingerprint density at radius 1 is 0.969 bits per heavy atom. The molecule has 0 spiro atoms. The van der Waals surface area contributed by atoms with E-state index in [1.54, 1.807) is 6.07 Å². The fourth-order valence-corrected chi connectivity index (χ4v) is 3.05. The van der Waals surface area contributed by atoms with Crippen LogP contribution in [0.15, 0.2) is 72.8 Å². The first kappa shape index (κ1) is 23.4. The number of thiocarbonyl (C=S) groups is 1. The van der Waals surface area contributed by atoms with Gasteiger partial charge in [0.15, 0.2) is 5.11 Å². The molecular weight excluding hydrogens is 463 g/mol. The van der Waals surface area contributed by atoms with Crippen molar-refractivity contribution >= 4 is 40.5 Å². The summed E-state index contributed by atoms with van der Waals surface area (Å²) in [5, 5.41) is 2.63. The van der Waals surface area contributed by atoms with Crippen molar-refractivity contribution < 1.29 is 22.7 Å². The van der Waals surface area contributed by atoms with Gasteiger partial charge in [-0.2, -0.15) is 13.2 Å². The van der Waals surface area contributed by atoms with Crippen LogP contribution in [0.1, 0.15) is 21.5 Å². The Labute approximate surface area is 192 Å². The molecule has 0 saturated heterocycles. The number of hydrogen-bond donors (Lipinski definition) is 3. The van der Waals surface area contributed by atoms with Crippen molar-refractivity contribution in [1.82, 2.24) is 10.9 Å². The van der Waals surface area contributed by atoms with Gasteiger partial charge in [-0.1, -0.05) is 48.0 Å². The van der Waals surface area contributed by atoms with Gasteiger partial charge < -0.3 is 10.1 Å². The summed E-state index contributed by atoms with van der Waals surface area (Å²) in [5.74, 6) is -0.0945. The zero-order valence-corrected chi connectivity index (χ0v) is 17.9. The predicted octanol–water partition coefficient (Wildman–Crippen LogP) is 5.57. The number of alkyl halides is 3. The lowest BCUT2D eigenvalue weighted by atomic mass is 10.2. The Bertz CT molecular complexity index is 1110. The molecule has 32 heavy (non-hydrogen) atoms. The average molecular weight is 480 g/mol. The van der Waals surface area contributed by atoms with Crippen LogP contribution >= 0.6 is 23.8 Å². The van der Waals surface area contributed by atoms with Gasteiger partial charge in [-0.3, -0.25) is 15.6 Å². The van der Waals surface area contributed by atoms with Gasteiger partial charge in [0.05, 0.1) is 16.1 Å². The van der Waals surface area contributed by atoms with Gasteiger partial charge in [0.1, 0.15) is 12.4 Å². The summed E-state index contributed by atoms with van der Waals surface area (Å²) in [6.07, 6.45) is -4.48. The smallest absolute Gasteiger partial charge is 0.416 e. The Balaban J connectivity index is 1.53. The number of ether oxygens (including phenoxy) is 1. The molecule has 0 unspecified atom stereocenters. The standard InChI is InChI=1S/C22H17ClF3N3O2S/c23-19-12-17(31-13-14-5-2-1-3-6-14)9-10-18(19)20(30)28-29-21(32)27-16-8-4-7-15(11-16)22(24,25)26/h1-12H,13H2,(H,28,30)(H2,27,29,32). The lowest BCUT2D eigenvalue weighted by Gasteiger charge is -2.14. The molecule has 0 bridgehead atoms. The highest BCUT2D eigenvalue weighted by atomic mass is 35.5. The number of carbonyl (C=O) groups excluding carboxylic acids is 1. The summed E-state index contributed by atoms with van der Waals surface area (Å²) in [6.45, 7) is 0.347. The number of nitrogens with one attached hydrogen (secondary N) is 3. The Morgan fingerprint density at radius 2 is 1.72 bits per heavy atom. The molecule has 3 rings (SSSR count). The highest BCUT2D eigenvalue weighted by molar-refractivity contribution is 7.80. The quantitative estimate of drug-likeness (QED) is 0.330. The third-order valence-corrected chi connectivity index (χ3v) is 4.69. The van der Waals surface area contributed by atoms with E-state index in [1.165, 1.54) is 24.3 Å². The van der Waals surface area contributed by atoms with Crippen molar-refractivity contribution in [3.63, 3.8) is 0 Å². The molecule has 3 aromatic carbocycles. The lowest BCUT2D eigenvalue weighted by molar-refractivity contribution is -0.137. The van der Waals surface area contributed by atoms with Crippen LogP contribution in [0.25, 0.3) is 0 Å². The van der Waals surface area contributed by atoms with Gasteiger partial charge in [-0.15, -0.1) is 0 Å². The molecule has 1 amide bonds. The van der Waals surface area contributed by atoms with Crippen LogP contribution in [0, 0.1) is 0 Å². The van der Waals surface area contributed by atoms with Crippen molar-refractivity contribution in [3.8, 4) is 5.75 Å². The van der Waals surface area contributed by atoms with E-state index in [9.17, 15) is 18.0 Å². The molecule has 0 atom stereocenters. The van der Waals surface area contributed by atoms with E-state index in [2.05, 4.69) is 16.2 Å². The zero-order valence-electron chi connectivity index (χ0n) is 16.4. The van der Waals surface area contributed by atoms with E-state index >= 15 is 0 Å². The van der Waals surface area contributed by atoms with E-state index in [0.29, 0.717) is 12.4 Å². The van der Waals surface area contributed by atoms with Gasteiger partial charge in [0, 0.05) is 5.69 Å². The van der Waals surface area contributed by atoms with E-state index in [-0.39, 0.29) is 21.4 Å². The van der Waals surface area contributed by atoms with Gasteiger partial charge in [0.25, 0.3) is 5.91 Å². The van der Waals surface area contributed by atoms with Gasteiger partial charge in [-0.25, -0.2) is 0 Å². The number of hydrazine groups is 1. The van der Waals surface area contributed by atoms with Crippen molar-refractivity contribution in [2.24, 2.45) is 0 Å². The van der Waals surface area contributed by atoms with Crippen LogP contribution in [0.2, 0.25) is 5.02 Å². The number of anilines is 1. The lowest BCUT2D eigenvalue weighted by Crippen LogP contribution is -2.43. The van der Waals surface area contributed by atoms with Crippen LogP contribution in [0.5, 0.6) is 5.75 Å². The molecule has 0 aliphatic carbocycles. The van der Waals surface area contributed by atoms with E-state index in [1.807, 2.05) is 30.3 Å². The van der Waals surface area contributed by atoms with Crippen LogP contribution in [0.3, 0.4) is 0 Å². The molecule has 0 radical (unpaired) electrons. The summed E-state index contributed by atoms with van der Waals surface area (Å²) in [5.41, 5.74) is 5.20. The number of rotatable bonds is 5. The first-order valence-electron chi connectivity index (χ1n) is 9.23. The molecule has 0 heterocycles. The minimum absolute atomic E-state index is 0.100. The molecule has 0 aliphatic heterocycles. The maximum Gasteiger partial charge on any atom is 0.416 e. The molecule has 3 aromatic rings. The number of halogens is 4. The van der Waals surface area contributed by atoms with Gasteiger partial charge >= 0.3 is 6.18 Å². The van der Waals surface area contributed by atoms with Crippen molar-refractivity contribution in [2.45, 2.75) is 12.8 Å². The Kier molecular flexibility index (Phi) is 7.55. The van der Waals surface area contributed by atoms with Gasteiger partial charge in [0.2, 0.25) is 0 Å². The van der Waals surface area contributed by atoms with E-state index < -0.39 is 17.6 Å². The molecule has 166 valence electrons. The SMILES string of the molecule is O=C(NNC(=S)Nc1cccc(C(F)(F)F)c1)c1ccc(OCc2ccccc2)cc1Cl. The van der Waals surface area contributed by atoms with Crippen molar-refractivity contribution in [3.05, 3.63) is 94.5 Å². The highest BCUT2D eigenvalue weighted by Gasteiger charge is 2.30. The first-order chi connectivity index (χ1) is 15.2. The number of amides is 1. The summed E-state index contributed by atoms with van der Waals surface area (Å²) in [4.78, 5) is 12.4. The molecule has 0 fully saturated rings. The third kappa shape index (κ3) is 6.60. The average Bonchev–Trinajstić information content (AvgIpc) is 2.76. The third-order valence-electron chi connectivity index (χ3n) is 4.17. The van der Waals surface area contributed by atoms with E-state index in [0.717, 1.165) is 17.7 Å². The maximum atomic E-state index is 12.8. The normalized spacial score (nSPS) is 10.9. The van der Waals surface area contributed by atoms with Gasteiger partial charge in [-0.05, 0) is 54.2 Å². The molecule has 10 heteroatoms. The molecule has 0 saturated carbocycles. The second-order valence-electron chi connectivity index (χ2n) is 6.53.